The number of nitro benzene ring substituents is 1. The Balaban J connectivity index is 3.29. The number of nitrogens with zero attached hydrogens (tertiary/aromatic N) is 1. The third-order valence-electron chi connectivity index (χ3n) is 1.46. The summed E-state index contributed by atoms with van der Waals surface area (Å²) in [7, 11) is 0. The van der Waals surface area contributed by atoms with Gasteiger partial charge in [-0.05, 0) is 18.6 Å². The summed E-state index contributed by atoms with van der Waals surface area (Å²) in [5.74, 6) is 0. The summed E-state index contributed by atoms with van der Waals surface area (Å²) in [5.41, 5.74) is 0.606. The normalized spacial score (nSPS) is 9.42. The lowest BCUT2D eigenvalue weighted by Crippen LogP contribution is -1.94. The molecule has 0 spiro atoms. The molecule has 4 nitrogen and oxygen atoms in total. The van der Waals surface area contributed by atoms with E-state index in [2.05, 4.69) is 0 Å². The summed E-state index contributed by atoms with van der Waals surface area (Å²) in [4.78, 5) is 20.0. The Labute approximate surface area is 69.0 Å². The van der Waals surface area contributed by atoms with Crippen molar-refractivity contribution in [3.8, 4) is 0 Å². The van der Waals surface area contributed by atoms with Crippen LogP contribution in [0.4, 0.5) is 5.69 Å². The molecule has 0 aliphatic heterocycles. The number of aryl methyl sites for hydroxylation is 1. The summed E-state index contributed by atoms with van der Waals surface area (Å²) in [6.45, 7) is 1.75. The Morgan fingerprint density at radius 3 is 2.67 bits per heavy atom. The lowest BCUT2D eigenvalue weighted by atomic mass is 10.1. The van der Waals surface area contributed by atoms with E-state index in [1.54, 1.807) is 13.0 Å². The summed E-state index contributed by atoms with van der Waals surface area (Å²) >= 11 is 0. The highest BCUT2D eigenvalue weighted by Crippen LogP contribution is 2.17. The highest BCUT2D eigenvalue weighted by molar-refractivity contribution is 5.81. The molecule has 0 aliphatic carbocycles. The molecule has 1 rings (SSSR count). The fourth-order valence-corrected chi connectivity index (χ4v) is 0.891. The first-order valence-corrected chi connectivity index (χ1v) is 3.28. The lowest BCUT2D eigenvalue weighted by molar-refractivity contribution is -0.385. The Morgan fingerprint density at radius 2 is 2.17 bits per heavy atom. The van der Waals surface area contributed by atoms with Gasteiger partial charge in [0, 0.05) is 6.07 Å². The van der Waals surface area contributed by atoms with E-state index in [9.17, 15) is 14.9 Å². The predicted molar refractivity (Wildman–Crippen MR) is 42.6 cm³/mol. The quantitative estimate of drug-likeness (QED) is 0.489. The summed E-state index contributed by atoms with van der Waals surface area (Å²) < 4.78 is 0. The number of hydrogen-bond donors (Lipinski definition) is 0. The van der Waals surface area contributed by atoms with Crippen molar-refractivity contribution < 1.29 is 9.72 Å². The van der Waals surface area contributed by atoms with Crippen molar-refractivity contribution in [2.24, 2.45) is 0 Å². The minimum Gasteiger partial charge on any atom is -0.285 e. The zero-order chi connectivity index (χ0) is 9.14. The second kappa shape index (κ2) is 3.13. The van der Waals surface area contributed by atoms with Crippen LogP contribution in [0.2, 0.25) is 0 Å². The minimum atomic E-state index is -0.598. The van der Waals surface area contributed by atoms with Gasteiger partial charge in [0.1, 0.15) is 5.56 Å². The molecule has 0 aliphatic rings. The molecule has 0 aromatic heterocycles. The second-order valence-corrected chi connectivity index (χ2v) is 2.38. The van der Waals surface area contributed by atoms with Gasteiger partial charge in [0.25, 0.3) is 5.69 Å². The van der Waals surface area contributed by atoms with Gasteiger partial charge in [-0.3, -0.25) is 14.9 Å². The van der Waals surface area contributed by atoms with Crippen molar-refractivity contribution in [1.29, 1.82) is 0 Å². The summed E-state index contributed by atoms with van der Waals surface area (Å²) in [6.07, 6.45) is 1.53. The highest BCUT2D eigenvalue weighted by atomic mass is 16.6. The number of carbonyl (C=O) groups excluding carboxylic acids is 1. The van der Waals surface area contributed by atoms with Gasteiger partial charge in [-0.2, -0.15) is 0 Å². The molecule has 1 aromatic rings. The van der Waals surface area contributed by atoms with E-state index in [0.29, 0.717) is 0 Å². The van der Waals surface area contributed by atoms with Crippen molar-refractivity contribution >= 4 is 12.0 Å². The van der Waals surface area contributed by atoms with Crippen molar-refractivity contribution in [3.63, 3.8) is 0 Å². The molecule has 1 aromatic carbocycles. The first kappa shape index (κ1) is 8.39. The fourth-order valence-electron chi connectivity index (χ4n) is 0.891. The number of rotatable bonds is 2. The van der Waals surface area contributed by atoms with E-state index in [4.69, 9.17) is 0 Å². The van der Waals surface area contributed by atoms with Crippen molar-refractivity contribution in [2.45, 2.75) is 6.92 Å². The second-order valence-electron chi connectivity index (χ2n) is 2.38. The molecule has 0 saturated carbocycles. The molecule has 0 atom stereocenters. The fraction of sp³-hybridized carbons (Fsp3) is 0.125. The highest BCUT2D eigenvalue weighted by Gasteiger charge is 2.12. The molecule has 0 heterocycles. The van der Waals surface area contributed by atoms with Gasteiger partial charge < -0.3 is 0 Å². The average Bonchev–Trinajstić information content (AvgIpc) is 2.03. The van der Waals surface area contributed by atoms with Gasteiger partial charge in [-0.1, -0.05) is 6.07 Å². The maximum atomic E-state index is 10.3. The van der Waals surface area contributed by atoms with Gasteiger partial charge in [0.05, 0.1) is 4.92 Å². The molecule has 0 bridgehead atoms. The zero-order valence-corrected chi connectivity index (χ0v) is 6.40. The molecule has 1 radical (unpaired) electrons. The van der Waals surface area contributed by atoms with Gasteiger partial charge in [0.2, 0.25) is 6.29 Å². The van der Waals surface area contributed by atoms with Crippen LogP contribution in [0.1, 0.15) is 11.1 Å². The molecule has 4 heteroatoms. The topological polar surface area (TPSA) is 60.2 Å². The average molecular weight is 164 g/mol. The Morgan fingerprint density at radius 1 is 1.50 bits per heavy atom. The molecule has 0 N–H and O–H groups in total. The summed E-state index contributed by atoms with van der Waals surface area (Å²) in [5, 5.41) is 10.3. The smallest absolute Gasteiger partial charge is 0.280 e. The maximum Gasteiger partial charge on any atom is 0.280 e. The monoisotopic (exact) mass is 164 g/mol. The molecular formula is C8H6NO3. The Hall–Kier alpha value is -1.71. The third-order valence-corrected chi connectivity index (χ3v) is 1.46. The van der Waals surface area contributed by atoms with Crippen molar-refractivity contribution in [2.75, 3.05) is 0 Å². The Kier molecular flexibility index (Phi) is 2.19. The molecule has 0 amide bonds. The van der Waals surface area contributed by atoms with Crippen molar-refractivity contribution in [1.82, 2.24) is 0 Å². The van der Waals surface area contributed by atoms with E-state index >= 15 is 0 Å². The van der Waals surface area contributed by atoms with Gasteiger partial charge in [-0.15, -0.1) is 0 Å². The van der Waals surface area contributed by atoms with Crippen LogP contribution in [0, 0.1) is 17.0 Å². The van der Waals surface area contributed by atoms with Gasteiger partial charge in [-0.25, -0.2) is 0 Å². The summed E-state index contributed by atoms with van der Waals surface area (Å²) in [6, 6.07) is 4.32. The standard InChI is InChI=1S/C8H6NO3/c1-6-2-3-8(9(11)12)7(4-6)5-10/h2-4H,1H3. The minimum absolute atomic E-state index is 0.000000000000000222. The van der Waals surface area contributed by atoms with E-state index in [1.807, 2.05) is 0 Å². The molecule has 61 valence electrons. The largest absolute Gasteiger partial charge is 0.285 e. The molecule has 12 heavy (non-hydrogen) atoms. The predicted octanol–water partition coefficient (Wildman–Crippen LogP) is 1.36. The maximum absolute atomic E-state index is 10.3. The van der Waals surface area contributed by atoms with Crippen LogP contribution in [0.3, 0.4) is 0 Å². The van der Waals surface area contributed by atoms with Crippen LogP contribution >= 0.6 is 0 Å². The van der Waals surface area contributed by atoms with Gasteiger partial charge in [0.15, 0.2) is 0 Å². The van der Waals surface area contributed by atoms with Crippen LogP contribution in [-0.2, 0) is 4.79 Å². The molecule has 0 saturated heterocycles. The first-order valence-electron chi connectivity index (χ1n) is 3.28. The third kappa shape index (κ3) is 1.47. The van der Waals surface area contributed by atoms with Crippen LogP contribution in [0.15, 0.2) is 18.2 Å². The molecule has 0 unspecified atom stereocenters. The van der Waals surface area contributed by atoms with Crippen LogP contribution in [0.5, 0.6) is 0 Å². The van der Waals surface area contributed by atoms with Crippen LogP contribution < -0.4 is 0 Å². The zero-order valence-electron chi connectivity index (χ0n) is 6.40. The van der Waals surface area contributed by atoms with Crippen molar-refractivity contribution in [3.05, 3.63) is 39.4 Å². The van der Waals surface area contributed by atoms with E-state index in [0.717, 1.165) is 5.56 Å². The molecular weight excluding hydrogens is 158 g/mol. The van der Waals surface area contributed by atoms with Crippen LogP contribution in [-0.4, -0.2) is 11.2 Å². The number of hydrogen-bond acceptors (Lipinski definition) is 3. The lowest BCUT2D eigenvalue weighted by Gasteiger charge is -1.95. The van der Waals surface area contributed by atoms with Gasteiger partial charge >= 0.3 is 0 Å². The van der Waals surface area contributed by atoms with E-state index < -0.39 is 4.92 Å². The Bertz CT molecular complexity index is 333. The number of nitro groups is 1. The first-order chi connectivity index (χ1) is 5.65. The molecule has 0 fully saturated rings. The van der Waals surface area contributed by atoms with E-state index in [1.165, 1.54) is 18.4 Å². The SMILES string of the molecule is Cc1ccc([N+](=O)[O-])c([C]=O)c1. The number of benzene rings is 1. The van der Waals surface area contributed by atoms with Crippen LogP contribution in [0.25, 0.3) is 0 Å². The van der Waals surface area contributed by atoms with E-state index in [-0.39, 0.29) is 11.3 Å².